The molecule has 1 heterocycles. The minimum absolute atomic E-state index is 0. The van der Waals surface area contributed by atoms with Gasteiger partial charge in [0, 0.05) is 45.8 Å². The molecule has 6 heteroatoms. The lowest BCUT2D eigenvalue weighted by Gasteiger charge is -2.32. The van der Waals surface area contributed by atoms with E-state index in [9.17, 15) is 0 Å². The number of piperazine rings is 1. The Hall–Kier alpha value is -0.860. The molecule has 0 amide bonds. The largest absolute Gasteiger partial charge is 0.357 e. The number of aliphatic imine (C=N–C) groups is 1. The maximum atomic E-state index is 4.65. The molecule has 142 valence electrons. The van der Waals surface area contributed by atoms with Crippen LogP contribution in [-0.4, -0.2) is 62.1 Å². The molecular formula is C19H34IN5. The number of nitrogens with zero attached hydrogens (tertiary/aromatic N) is 3. The van der Waals surface area contributed by atoms with Gasteiger partial charge in [0.15, 0.2) is 5.96 Å². The smallest absolute Gasteiger partial charge is 0.191 e. The lowest BCUT2D eigenvalue weighted by molar-refractivity contribution is 0.148. The molecule has 25 heavy (non-hydrogen) atoms. The molecule has 1 aliphatic rings. The fourth-order valence-corrected chi connectivity index (χ4v) is 2.77. The Morgan fingerprint density at radius 2 is 1.64 bits per heavy atom. The summed E-state index contributed by atoms with van der Waals surface area (Å²) in [6.45, 7) is 12.5. The van der Waals surface area contributed by atoms with Gasteiger partial charge in [-0.05, 0) is 31.5 Å². The number of guanidine groups is 1. The number of rotatable bonds is 7. The molecule has 0 aliphatic carbocycles. The Labute approximate surface area is 170 Å². The van der Waals surface area contributed by atoms with Crippen molar-refractivity contribution in [2.24, 2.45) is 4.99 Å². The minimum Gasteiger partial charge on any atom is -0.357 e. The molecule has 0 saturated carbocycles. The highest BCUT2D eigenvalue weighted by Gasteiger charge is 2.13. The second-order valence-corrected chi connectivity index (χ2v) is 6.52. The van der Waals surface area contributed by atoms with Gasteiger partial charge >= 0.3 is 0 Å². The molecule has 0 spiro atoms. The van der Waals surface area contributed by atoms with Gasteiger partial charge in [-0.15, -0.1) is 24.0 Å². The van der Waals surface area contributed by atoms with Gasteiger partial charge in [-0.3, -0.25) is 4.90 Å². The Bertz CT molecular complexity index is 495. The molecule has 0 radical (unpaired) electrons. The molecule has 1 saturated heterocycles. The summed E-state index contributed by atoms with van der Waals surface area (Å²) in [7, 11) is 2.20. The van der Waals surface area contributed by atoms with Gasteiger partial charge in [-0.2, -0.15) is 0 Å². The van der Waals surface area contributed by atoms with Crippen LogP contribution in [0, 0.1) is 0 Å². The van der Waals surface area contributed by atoms with Crippen LogP contribution in [0.5, 0.6) is 0 Å². The second-order valence-electron chi connectivity index (χ2n) is 6.52. The van der Waals surface area contributed by atoms with Crippen LogP contribution in [0.4, 0.5) is 0 Å². The standard InChI is InChI=1S/C19H33N5.HI/c1-4-10-21-19(20-5-2)22-15-17-6-8-18(9-7-17)16-24-13-11-23(3)12-14-24;/h6-9H,4-5,10-16H2,1-3H3,(H2,20,21,22);1H. The van der Waals surface area contributed by atoms with Gasteiger partial charge in [0.05, 0.1) is 6.54 Å². The highest BCUT2D eigenvalue weighted by atomic mass is 127. The Balaban J connectivity index is 0.00000312. The van der Waals surface area contributed by atoms with E-state index in [0.29, 0.717) is 6.54 Å². The molecule has 0 bridgehead atoms. The maximum Gasteiger partial charge on any atom is 0.191 e. The molecule has 2 N–H and O–H groups in total. The zero-order valence-corrected chi connectivity index (χ0v) is 18.3. The van der Waals surface area contributed by atoms with E-state index in [0.717, 1.165) is 45.1 Å². The van der Waals surface area contributed by atoms with Crippen LogP contribution in [-0.2, 0) is 13.1 Å². The van der Waals surface area contributed by atoms with Crippen LogP contribution in [0.15, 0.2) is 29.3 Å². The van der Waals surface area contributed by atoms with Gasteiger partial charge in [0.1, 0.15) is 0 Å². The Morgan fingerprint density at radius 1 is 1.00 bits per heavy atom. The van der Waals surface area contributed by atoms with Crippen LogP contribution >= 0.6 is 24.0 Å². The summed E-state index contributed by atoms with van der Waals surface area (Å²) in [5.74, 6) is 0.904. The van der Waals surface area contributed by atoms with E-state index in [-0.39, 0.29) is 24.0 Å². The van der Waals surface area contributed by atoms with Crippen LogP contribution in [0.1, 0.15) is 31.4 Å². The number of benzene rings is 1. The van der Waals surface area contributed by atoms with E-state index >= 15 is 0 Å². The van der Waals surface area contributed by atoms with Crippen molar-refractivity contribution >= 4 is 29.9 Å². The molecule has 0 unspecified atom stereocenters. The summed E-state index contributed by atoms with van der Waals surface area (Å²) in [5, 5.41) is 6.62. The Morgan fingerprint density at radius 3 is 2.24 bits per heavy atom. The van der Waals surface area contributed by atoms with Crippen LogP contribution in [0.2, 0.25) is 0 Å². The molecule has 1 aromatic rings. The molecule has 1 aliphatic heterocycles. The normalized spacial score (nSPS) is 16.4. The fraction of sp³-hybridized carbons (Fsp3) is 0.632. The van der Waals surface area contributed by atoms with Crippen molar-refractivity contribution in [3.63, 3.8) is 0 Å². The number of likely N-dealkylation sites (N-methyl/N-ethyl adjacent to an activating group) is 1. The average molecular weight is 459 g/mol. The van der Waals surface area contributed by atoms with Crippen LogP contribution < -0.4 is 10.6 Å². The zero-order valence-electron chi connectivity index (χ0n) is 15.9. The summed E-state index contributed by atoms with van der Waals surface area (Å²) in [4.78, 5) is 9.58. The second kappa shape index (κ2) is 12.5. The number of hydrogen-bond acceptors (Lipinski definition) is 3. The first kappa shape index (κ1) is 22.2. The van der Waals surface area contributed by atoms with Crippen molar-refractivity contribution in [2.75, 3.05) is 46.3 Å². The lowest BCUT2D eigenvalue weighted by Crippen LogP contribution is -2.43. The van der Waals surface area contributed by atoms with E-state index in [1.54, 1.807) is 0 Å². The van der Waals surface area contributed by atoms with E-state index in [2.05, 4.69) is 70.6 Å². The first-order chi connectivity index (χ1) is 11.7. The predicted molar refractivity (Wildman–Crippen MR) is 118 cm³/mol. The monoisotopic (exact) mass is 459 g/mol. The molecule has 0 aromatic heterocycles. The third kappa shape index (κ3) is 8.37. The van der Waals surface area contributed by atoms with E-state index < -0.39 is 0 Å². The van der Waals surface area contributed by atoms with Gasteiger partial charge in [0.25, 0.3) is 0 Å². The SMILES string of the molecule is CCCNC(=NCc1ccc(CN2CCN(C)CC2)cc1)NCC.I. The minimum atomic E-state index is 0. The molecular weight excluding hydrogens is 425 g/mol. The Kier molecular flexibility index (Phi) is 11.1. The fourth-order valence-electron chi connectivity index (χ4n) is 2.77. The predicted octanol–water partition coefficient (Wildman–Crippen LogP) is 2.52. The van der Waals surface area contributed by atoms with Crippen molar-refractivity contribution in [3.05, 3.63) is 35.4 Å². The van der Waals surface area contributed by atoms with E-state index in [1.807, 2.05) is 0 Å². The van der Waals surface area contributed by atoms with Crippen LogP contribution in [0.3, 0.4) is 0 Å². The van der Waals surface area contributed by atoms with Crippen molar-refractivity contribution < 1.29 is 0 Å². The van der Waals surface area contributed by atoms with Gasteiger partial charge in [-0.25, -0.2) is 4.99 Å². The summed E-state index contributed by atoms with van der Waals surface area (Å²) in [6.07, 6.45) is 1.10. The molecule has 0 atom stereocenters. The molecule has 1 aromatic carbocycles. The molecule has 2 rings (SSSR count). The van der Waals surface area contributed by atoms with Gasteiger partial charge in [0.2, 0.25) is 0 Å². The van der Waals surface area contributed by atoms with Crippen LogP contribution in [0.25, 0.3) is 0 Å². The van der Waals surface area contributed by atoms with Crippen molar-refractivity contribution in [1.82, 2.24) is 20.4 Å². The van der Waals surface area contributed by atoms with E-state index in [4.69, 9.17) is 0 Å². The topological polar surface area (TPSA) is 42.9 Å². The lowest BCUT2D eigenvalue weighted by atomic mass is 10.1. The van der Waals surface area contributed by atoms with Gasteiger partial charge in [-0.1, -0.05) is 31.2 Å². The van der Waals surface area contributed by atoms with Gasteiger partial charge < -0.3 is 15.5 Å². The maximum absolute atomic E-state index is 4.65. The zero-order chi connectivity index (χ0) is 17.2. The van der Waals surface area contributed by atoms with Crippen molar-refractivity contribution in [3.8, 4) is 0 Å². The summed E-state index contributed by atoms with van der Waals surface area (Å²) < 4.78 is 0. The number of nitrogens with one attached hydrogen (secondary N) is 2. The number of halogens is 1. The first-order valence-electron chi connectivity index (χ1n) is 9.22. The molecule has 5 nitrogen and oxygen atoms in total. The van der Waals surface area contributed by atoms with Crippen molar-refractivity contribution in [1.29, 1.82) is 0 Å². The quantitative estimate of drug-likeness (QED) is 0.374. The summed E-state index contributed by atoms with van der Waals surface area (Å²) in [5.41, 5.74) is 2.65. The number of hydrogen-bond donors (Lipinski definition) is 2. The third-order valence-electron chi connectivity index (χ3n) is 4.33. The highest BCUT2D eigenvalue weighted by molar-refractivity contribution is 14.0. The highest BCUT2D eigenvalue weighted by Crippen LogP contribution is 2.10. The average Bonchev–Trinajstić information content (AvgIpc) is 2.60. The van der Waals surface area contributed by atoms with E-state index in [1.165, 1.54) is 24.2 Å². The first-order valence-corrected chi connectivity index (χ1v) is 9.22. The van der Waals surface area contributed by atoms with Crippen molar-refractivity contribution in [2.45, 2.75) is 33.4 Å². The molecule has 1 fully saturated rings. The summed E-state index contributed by atoms with van der Waals surface area (Å²) in [6, 6.07) is 8.90. The third-order valence-corrected chi connectivity index (χ3v) is 4.33. The summed E-state index contributed by atoms with van der Waals surface area (Å²) >= 11 is 0.